The number of aryl methyl sites for hydroxylation is 2. The van der Waals surface area contributed by atoms with Crippen LogP contribution in [-0.2, 0) is 11.8 Å². The van der Waals surface area contributed by atoms with E-state index in [9.17, 15) is 4.79 Å². The second-order valence-electron chi connectivity index (χ2n) is 5.56. The number of nitrogens with zero attached hydrogens (tertiary/aromatic N) is 2. The summed E-state index contributed by atoms with van der Waals surface area (Å²) in [6.07, 6.45) is 3.62. The highest BCUT2D eigenvalue weighted by Gasteiger charge is 2.05. The molecule has 1 heterocycles. The Morgan fingerprint density at radius 1 is 1.21 bits per heavy atom. The minimum Gasteiger partial charge on any atom is -0.483 e. The Kier molecular flexibility index (Phi) is 4.61. The molecule has 5 heteroatoms. The molecule has 1 N–H and O–H groups in total. The van der Waals surface area contributed by atoms with Gasteiger partial charge in [-0.15, -0.1) is 0 Å². The number of carbonyl (C=O) groups excluding carboxylic acids is 1. The highest BCUT2D eigenvalue weighted by Crippen LogP contribution is 2.18. The number of hydrazone groups is 1. The zero-order valence-corrected chi connectivity index (χ0v) is 13.7. The van der Waals surface area contributed by atoms with Crippen LogP contribution in [0, 0.1) is 6.92 Å². The molecule has 0 aliphatic carbocycles. The molecule has 1 aromatic heterocycles. The van der Waals surface area contributed by atoms with Gasteiger partial charge in [0.2, 0.25) is 0 Å². The highest BCUT2D eigenvalue weighted by atomic mass is 16.5. The first-order valence-electron chi connectivity index (χ1n) is 7.69. The van der Waals surface area contributed by atoms with E-state index in [1.165, 1.54) is 0 Å². The quantitative estimate of drug-likeness (QED) is 0.580. The number of nitrogens with one attached hydrogen (secondary N) is 1. The second kappa shape index (κ2) is 7.00. The lowest BCUT2D eigenvalue weighted by atomic mass is 10.2. The van der Waals surface area contributed by atoms with E-state index >= 15 is 0 Å². The maximum atomic E-state index is 11.8. The molecule has 0 atom stereocenters. The van der Waals surface area contributed by atoms with Gasteiger partial charge in [0.15, 0.2) is 6.61 Å². The van der Waals surface area contributed by atoms with Crippen LogP contribution < -0.4 is 10.2 Å². The summed E-state index contributed by atoms with van der Waals surface area (Å²) in [5.74, 6) is 0.403. The summed E-state index contributed by atoms with van der Waals surface area (Å²) >= 11 is 0. The van der Waals surface area contributed by atoms with Crippen molar-refractivity contribution in [1.29, 1.82) is 0 Å². The van der Waals surface area contributed by atoms with Gasteiger partial charge >= 0.3 is 0 Å². The Bertz CT molecular complexity index is 897. The van der Waals surface area contributed by atoms with Crippen molar-refractivity contribution in [3.05, 3.63) is 65.9 Å². The summed E-state index contributed by atoms with van der Waals surface area (Å²) in [4.78, 5) is 11.8. The average Bonchev–Trinajstić information content (AvgIpc) is 2.91. The Morgan fingerprint density at radius 3 is 2.79 bits per heavy atom. The smallest absolute Gasteiger partial charge is 0.277 e. The molecule has 0 aliphatic rings. The van der Waals surface area contributed by atoms with Crippen molar-refractivity contribution in [3.8, 4) is 5.75 Å². The molecule has 1 amide bonds. The molecule has 0 radical (unpaired) electrons. The fourth-order valence-electron chi connectivity index (χ4n) is 2.54. The van der Waals surface area contributed by atoms with Crippen LogP contribution in [0.3, 0.4) is 0 Å². The normalized spacial score (nSPS) is 11.1. The zero-order chi connectivity index (χ0) is 16.9. The molecule has 0 saturated heterocycles. The van der Waals surface area contributed by atoms with Crippen LogP contribution in [0.25, 0.3) is 10.9 Å². The topological polar surface area (TPSA) is 55.6 Å². The van der Waals surface area contributed by atoms with Crippen molar-refractivity contribution in [1.82, 2.24) is 9.99 Å². The minimum absolute atomic E-state index is 0.0717. The molecule has 0 fully saturated rings. The predicted molar refractivity (Wildman–Crippen MR) is 95.3 cm³/mol. The molecule has 0 unspecified atom stereocenters. The van der Waals surface area contributed by atoms with Gasteiger partial charge < -0.3 is 9.30 Å². The van der Waals surface area contributed by atoms with E-state index in [1.54, 1.807) is 6.21 Å². The monoisotopic (exact) mass is 321 g/mol. The molecule has 0 bridgehead atoms. The number of carbonyl (C=O) groups is 1. The van der Waals surface area contributed by atoms with Crippen molar-refractivity contribution in [2.24, 2.45) is 12.1 Å². The Balaban J connectivity index is 1.59. The first kappa shape index (κ1) is 15.8. The number of ether oxygens (including phenoxy) is 1. The number of benzene rings is 2. The standard InChI is InChI=1S/C19H19N3O2/c1-14-7-3-6-10-18(14)24-13-19(23)21-20-11-15-12-22(2)17-9-5-4-8-16(15)17/h3-12H,13H2,1-2H3,(H,21,23). The summed E-state index contributed by atoms with van der Waals surface area (Å²) in [5, 5.41) is 5.11. The van der Waals surface area contributed by atoms with Crippen molar-refractivity contribution >= 4 is 23.0 Å². The minimum atomic E-state index is -0.297. The van der Waals surface area contributed by atoms with Crippen molar-refractivity contribution in [3.63, 3.8) is 0 Å². The van der Waals surface area contributed by atoms with Gasteiger partial charge in [-0.05, 0) is 24.6 Å². The average molecular weight is 321 g/mol. The number of aromatic nitrogens is 1. The molecule has 2 aromatic carbocycles. The van der Waals surface area contributed by atoms with Crippen LogP contribution in [-0.4, -0.2) is 23.3 Å². The van der Waals surface area contributed by atoms with Gasteiger partial charge in [0, 0.05) is 29.7 Å². The molecule has 3 aromatic rings. The Morgan fingerprint density at radius 2 is 1.96 bits per heavy atom. The van der Waals surface area contributed by atoms with E-state index in [0.717, 1.165) is 22.0 Å². The maximum Gasteiger partial charge on any atom is 0.277 e. The Labute approximate surface area is 140 Å². The number of fused-ring (bicyclic) bond motifs is 1. The lowest BCUT2D eigenvalue weighted by Gasteiger charge is -2.07. The van der Waals surface area contributed by atoms with Gasteiger partial charge in [0.25, 0.3) is 5.91 Å². The third-order valence-electron chi connectivity index (χ3n) is 3.77. The molecule has 24 heavy (non-hydrogen) atoms. The van der Waals surface area contributed by atoms with E-state index < -0.39 is 0 Å². The first-order chi connectivity index (χ1) is 11.6. The summed E-state index contributed by atoms with van der Waals surface area (Å²) in [7, 11) is 1.98. The lowest BCUT2D eigenvalue weighted by molar-refractivity contribution is -0.123. The molecular formula is C19H19N3O2. The molecule has 3 rings (SSSR count). The van der Waals surface area contributed by atoms with Crippen LogP contribution >= 0.6 is 0 Å². The molecule has 0 saturated carbocycles. The van der Waals surface area contributed by atoms with Crippen LogP contribution in [0.15, 0.2) is 59.8 Å². The number of hydrogen-bond donors (Lipinski definition) is 1. The molecule has 5 nitrogen and oxygen atoms in total. The fraction of sp³-hybridized carbons (Fsp3) is 0.158. The summed E-state index contributed by atoms with van der Waals surface area (Å²) in [5.41, 5.74) is 5.55. The molecular weight excluding hydrogens is 302 g/mol. The van der Waals surface area contributed by atoms with Crippen LogP contribution in [0.4, 0.5) is 0 Å². The number of para-hydroxylation sites is 2. The largest absolute Gasteiger partial charge is 0.483 e. The highest BCUT2D eigenvalue weighted by molar-refractivity contribution is 5.99. The molecule has 0 aliphatic heterocycles. The lowest BCUT2D eigenvalue weighted by Crippen LogP contribution is -2.24. The van der Waals surface area contributed by atoms with E-state index in [2.05, 4.69) is 10.5 Å². The molecule has 0 spiro atoms. The zero-order valence-electron chi connectivity index (χ0n) is 13.7. The van der Waals surface area contributed by atoms with Gasteiger partial charge in [-0.3, -0.25) is 4.79 Å². The number of amides is 1. The first-order valence-corrected chi connectivity index (χ1v) is 7.69. The Hall–Kier alpha value is -3.08. The van der Waals surface area contributed by atoms with Crippen LogP contribution in [0.1, 0.15) is 11.1 Å². The summed E-state index contributed by atoms with van der Waals surface area (Å²) in [6.45, 7) is 1.86. The van der Waals surface area contributed by atoms with Crippen LogP contribution in [0.5, 0.6) is 5.75 Å². The van der Waals surface area contributed by atoms with Gasteiger partial charge in [-0.1, -0.05) is 36.4 Å². The number of rotatable bonds is 5. The van der Waals surface area contributed by atoms with E-state index in [-0.39, 0.29) is 12.5 Å². The summed E-state index contributed by atoms with van der Waals surface area (Å²) < 4.78 is 7.51. The third-order valence-corrected chi connectivity index (χ3v) is 3.77. The van der Waals surface area contributed by atoms with Gasteiger partial charge in [-0.2, -0.15) is 5.10 Å². The maximum absolute atomic E-state index is 11.8. The molecule has 122 valence electrons. The van der Waals surface area contributed by atoms with E-state index in [4.69, 9.17) is 4.74 Å². The van der Waals surface area contributed by atoms with E-state index in [1.807, 2.05) is 73.3 Å². The van der Waals surface area contributed by atoms with Crippen molar-refractivity contribution in [2.45, 2.75) is 6.92 Å². The van der Waals surface area contributed by atoms with Gasteiger partial charge in [0.1, 0.15) is 5.75 Å². The second-order valence-corrected chi connectivity index (χ2v) is 5.56. The number of hydrogen-bond acceptors (Lipinski definition) is 3. The van der Waals surface area contributed by atoms with Crippen molar-refractivity contribution < 1.29 is 9.53 Å². The van der Waals surface area contributed by atoms with Crippen LogP contribution in [0.2, 0.25) is 0 Å². The van der Waals surface area contributed by atoms with Gasteiger partial charge in [-0.25, -0.2) is 5.43 Å². The SMILES string of the molecule is Cc1ccccc1OCC(=O)NN=Cc1cn(C)c2ccccc12. The van der Waals surface area contributed by atoms with Gasteiger partial charge in [0.05, 0.1) is 6.21 Å². The fourth-order valence-corrected chi connectivity index (χ4v) is 2.54. The van der Waals surface area contributed by atoms with Crippen molar-refractivity contribution in [2.75, 3.05) is 6.61 Å². The third kappa shape index (κ3) is 3.46. The predicted octanol–water partition coefficient (Wildman–Crippen LogP) is 3.02. The van der Waals surface area contributed by atoms with E-state index in [0.29, 0.717) is 5.75 Å². The summed E-state index contributed by atoms with van der Waals surface area (Å²) in [6, 6.07) is 15.6.